The Morgan fingerprint density at radius 2 is 2.11 bits per heavy atom. The number of carbonyl (C=O) groups is 1. The molecule has 1 rings (SSSR count). The third kappa shape index (κ3) is 5.39. The molecule has 0 fully saturated rings. The van der Waals surface area contributed by atoms with Gasteiger partial charge in [0.2, 0.25) is 5.91 Å². The number of nitrogens with zero attached hydrogens (tertiary/aromatic N) is 1. The quantitative estimate of drug-likeness (QED) is 0.874. The molecular formula is C14H20Cl2N2O. The third-order valence-corrected chi connectivity index (χ3v) is 3.77. The molecule has 1 aromatic rings. The Balaban J connectivity index is 2.52. The molecule has 1 unspecified atom stereocenters. The molecule has 0 saturated heterocycles. The minimum atomic E-state index is 0.0942. The van der Waals surface area contributed by atoms with E-state index in [0.29, 0.717) is 23.0 Å². The van der Waals surface area contributed by atoms with Crippen molar-refractivity contribution >= 4 is 29.1 Å². The molecule has 0 aliphatic carbocycles. The maximum absolute atomic E-state index is 11.9. The van der Waals surface area contributed by atoms with Crippen LogP contribution in [0.4, 0.5) is 0 Å². The predicted octanol–water partition coefficient (Wildman–Crippen LogP) is 3.47. The van der Waals surface area contributed by atoms with Gasteiger partial charge in [-0.2, -0.15) is 0 Å². The Morgan fingerprint density at radius 3 is 2.74 bits per heavy atom. The fraction of sp³-hybridized carbons (Fsp3) is 0.500. The SMILES string of the molecule is CC(N)CCCC(=O)N(C)Cc1cccc(Cl)c1Cl. The van der Waals surface area contributed by atoms with Gasteiger partial charge in [0.25, 0.3) is 0 Å². The van der Waals surface area contributed by atoms with Crippen LogP contribution < -0.4 is 5.73 Å². The van der Waals surface area contributed by atoms with Gasteiger partial charge in [-0.1, -0.05) is 35.3 Å². The maximum atomic E-state index is 11.9. The van der Waals surface area contributed by atoms with Crippen LogP contribution in [0.25, 0.3) is 0 Å². The van der Waals surface area contributed by atoms with Crippen LogP contribution >= 0.6 is 23.2 Å². The van der Waals surface area contributed by atoms with Crippen LogP contribution in [0, 0.1) is 0 Å². The lowest BCUT2D eigenvalue weighted by Gasteiger charge is -2.18. The van der Waals surface area contributed by atoms with Gasteiger partial charge < -0.3 is 10.6 Å². The molecule has 2 N–H and O–H groups in total. The number of nitrogens with two attached hydrogens (primary N) is 1. The first-order valence-electron chi connectivity index (χ1n) is 6.34. The molecule has 0 aromatic heterocycles. The van der Waals surface area contributed by atoms with E-state index in [1.54, 1.807) is 18.0 Å². The lowest BCUT2D eigenvalue weighted by molar-refractivity contribution is -0.130. The van der Waals surface area contributed by atoms with Crippen LogP contribution in [0.15, 0.2) is 18.2 Å². The summed E-state index contributed by atoms with van der Waals surface area (Å²) in [6.45, 7) is 2.41. The van der Waals surface area contributed by atoms with E-state index < -0.39 is 0 Å². The molecule has 0 bridgehead atoms. The van der Waals surface area contributed by atoms with Gasteiger partial charge in [-0.05, 0) is 31.4 Å². The van der Waals surface area contributed by atoms with E-state index in [1.165, 1.54) is 0 Å². The van der Waals surface area contributed by atoms with Crippen LogP contribution in [-0.4, -0.2) is 23.9 Å². The number of amides is 1. The van der Waals surface area contributed by atoms with Crippen LogP contribution in [0.2, 0.25) is 10.0 Å². The van der Waals surface area contributed by atoms with Crippen molar-refractivity contribution in [3.05, 3.63) is 33.8 Å². The van der Waals surface area contributed by atoms with E-state index in [4.69, 9.17) is 28.9 Å². The van der Waals surface area contributed by atoms with E-state index in [2.05, 4.69) is 0 Å². The standard InChI is InChI=1S/C14H20Cl2N2O/c1-10(17)5-3-8-13(19)18(2)9-11-6-4-7-12(15)14(11)16/h4,6-7,10H,3,5,8-9,17H2,1-2H3. The Kier molecular flexibility index (Phi) is 6.63. The summed E-state index contributed by atoms with van der Waals surface area (Å²) in [4.78, 5) is 13.6. The van der Waals surface area contributed by atoms with Crippen LogP contribution in [-0.2, 0) is 11.3 Å². The topological polar surface area (TPSA) is 46.3 Å². The molecule has 106 valence electrons. The Bertz CT molecular complexity index is 435. The highest BCUT2D eigenvalue weighted by Crippen LogP contribution is 2.26. The summed E-state index contributed by atoms with van der Waals surface area (Å²) in [7, 11) is 1.77. The third-order valence-electron chi connectivity index (χ3n) is 2.91. The number of rotatable bonds is 6. The van der Waals surface area contributed by atoms with Gasteiger partial charge >= 0.3 is 0 Å². The summed E-state index contributed by atoms with van der Waals surface area (Å²) in [5.74, 6) is 0.0942. The normalized spacial score (nSPS) is 12.3. The minimum absolute atomic E-state index is 0.0942. The van der Waals surface area contributed by atoms with Gasteiger partial charge in [-0.25, -0.2) is 0 Å². The van der Waals surface area contributed by atoms with Crippen LogP contribution in [0.3, 0.4) is 0 Å². The highest BCUT2D eigenvalue weighted by Gasteiger charge is 2.12. The highest BCUT2D eigenvalue weighted by atomic mass is 35.5. The van der Waals surface area contributed by atoms with Crippen molar-refractivity contribution in [2.45, 2.75) is 38.8 Å². The van der Waals surface area contributed by atoms with E-state index >= 15 is 0 Å². The number of benzene rings is 1. The highest BCUT2D eigenvalue weighted by molar-refractivity contribution is 6.42. The number of carbonyl (C=O) groups excluding carboxylic acids is 1. The predicted molar refractivity (Wildman–Crippen MR) is 80.4 cm³/mol. The van der Waals surface area contributed by atoms with E-state index in [0.717, 1.165) is 18.4 Å². The second-order valence-corrected chi connectivity index (χ2v) is 5.62. The molecule has 0 aliphatic rings. The zero-order valence-corrected chi connectivity index (χ0v) is 12.8. The van der Waals surface area contributed by atoms with Gasteiger partial charge in [0, 0.05) is 26.1 Å². The van der Waals surface area contributed by atoms with Crippen molar-refractivity contribution in [2.24, 2.45) is 5.73 Å². The molecule has 5 heteroatoms. The summed E-state index contributed by atoms with van der Waals surface area (Å²) >= 11 is 12.0. The molecule has 1 aromatic carbocycles. The molecule has 0 radical (unpaired) electrons. The first-order chi connectivity index (χ1) is 8.91. The average Bonchev–Trinajstić information content (AvgIpc) is 2.34. The zero-order chi connectivity index (χ0) is 14.4. The van der Waals surface area contributed by atoms with Gasteiger partial charge in [0.15, 0.2) is 0 Å². The van der Waals surface area contributed by atoms with Crippen molar-refractivity contribution in [3.8, 4) is 0 Å². The summed E-state index contributed by atoms with van der Waals surface area (Å²) in [6.07, 6.45) is 2.18. The minimum Gasteiger partial charge on any atom is -0.341 e. The molecule has 1 atom stereocenters. The van der Waals surface area contributed by atoms with Crippen molar-refractivity contribution < 1.29 is 4.79 Å². The molecule has 3 nitrogen and oxygen atoms in total. The molecule has 19 heavy (non-hydrogen) atoms. The Labute approximate surface area is 124 Å². The van der Waals surface area contributed by atoms with Gasteiger partial charge in [0.05, 0.1) is 10.0 Å². The van der Waals surface area contributed by atoms with Gasteiger partial charge in [-0.3, -0.25) is 4.79 Å². The molecular weight excluding hydrogens is 283 g/mol. The van der Waals surface area contributed by atoms with Crippen molar-refractivity contribution in [1.29, 1.82) is 0 Å². The van der Waals surface area contributed by atoms with Gasteiger partial charge in [-0.15, -0.1) is 0 Å². The van der Waals surface area contributed by atoms with E-state index in [-0.39, 0.29) is 11.9 Å². The van der Waals surface area contributed by atoms with E-state index in [9.17, 15) is 4.79 Å². The lowest BCUT2D eigenvalue weighted by atomic mass is 10.1. The Hall–Kier alpha value is -0.770. The van der Waals surface area contributed by atoms with Gasteiger partial charge in [0.1, 0.15) is 0 Å². The van der Waals surface area contributed by atoms with Crippen LogP contribution in [0.5, 0.6) is 0 Å². The molecule has 0 saturated carbocycles. The Morgan fingerprint density at radius 1 is 1.42 bits per heavy atom. The van der Waals surface area contributed by atoms with E-state index in [1.807, 2.05) is 19.1 Å². The summed E-state index contributed by atoms with van der Waals surface area (Å²) in [5, 5.41) is 1.02. The van der Waals surface area contributed by atoms with Crippen LogP contribution in [0.1, 0.15) is 31.7 Å². The summed E-state index contributed by atoms with van der Waals surface area (Å²) < 4.78 is 0. The zero-order valence-electron chi connectivity index (χ0n) is 11.3. The van der Waals surface area contributed by atoms with Crippen molar-refractivity contribution in [1.82, 2.24) is 4.90 Å². The van der Waals surface area contributed by atoms with Crippen molar-refractivity contribution in [2.75, 3.05) is 7.05 Å². The fourth-order valence-electron chi connectivity index (χ4n) is 1.78. The molecule has 0 spiro atoms. The molecule has 0 aliphatic heterocycles. The lowest BCUT2D eigenvalue weighted by Crippen LogP contribution is -2.26. The second kappa shape index (κ2) is 7.73. The monoisotopic (exact) mass is 302 g/mol. The first kappa shape index (κ1) is 16.3. The first-order valence-corrected chi connectivity index (χ1v) is 7.10. The number of hydrogen-bond donors (Lipinski definition) is 1. The second-order valence-electron chi connectivity index (χ2n) is 4.83. The number of hydrogen-bond acceptors (Lipinski definition) is 2. The summed E-state index contributed by atoms with van der Waals surface area (Å²) in [5.41, 5.74) is 6.52. The smallest absolute Gasteiger partial charge is 0.222 e. The fourth-order valence-corrected chi connectivity index (χ4v) is 2.16. The molecule has 0 heterocycles. The average molecular weight is 303 g/mol. The van der Waals surface area contributed by atoms with Crippen molar-refractivity contribution in [3.63, 3.8) is 0 Å². The summed E-state index contributed by atoms with van der Waals surface area (Å²) in [6, 6.07) is 5.58. The largest absolute Gasteiger partial charge is 0.341 e. The number of halogens is 2. The maximum Gasteiger partial charge on any atom is 0.222 e. The molecule has 1 amide bonds.